The van der Waals surface area contributed by atoms with Gasteiger partial charge in [0.2, 0.25) is 0 Å². The summed E-state index contributed by atoms with van der Waals surface area (Å²) in [5.74, 6) is 0. The lowest BCUT2D eigenvalue weighted by molar-refractivity contribution is 0.171. The van der Waals surface area contributed by atoms with Gasteiger partial charge in [-0.3, -0.25) is 9.88 Å². The van der Waals surface area contributed by atoms with Gasteiger partial charge in [0.05, 0.1) is 17.3 Å². The Hall–Kier alpha value is -1.71. The van der Waals surface area contributed by atoms with Gasteiger partial charge in [-0.05, 0) is 18.6 Å². The second kappa shape index (κ2) is 6.16. The Morgan fingerprint density at radius 3 is 2.80 bits per heavy atom. The molecule has 2 aromatic rings. The van der Waals surface area contributed by atoms with Crippen LogP contribution >= 0.6 is 0 Å². The molecule has 3 nitrogen and oxygen atoms in total. The maximum atomic E-state index is 4.86. The van der Waals surface area contributed by atoms with Crippen LogP contribution in [0.15, 0.2) is 49.1 Å². The third-order valence-corrected chi connectivity index (χ3v) is 3.94. The SMILES string of the molecule is C=CC[C@H](c1ccc2ccccc2n1)N1CCNCC1. The molecule has 0 bridgehead atoms. The van der Waals surface area contributed by atoms with Crippen LogP contribution in [0.25, 0.3) is 10.9 Å². The lowest BCUT2D eigenvalue weighted by Crippen LogP contribution is -2.45. The molecule has 2 heterocycles. The second-order valence-corrected chi connectivity index (χ2v) is 5.25. The molecule has 1 aromatic heterocycles. The number of fused-ring (bicyclic) bond motifs is 1. The normalized spacial score (nSPS) is 18.0. The number of hydrogen-bond donors (Lipinski definition) is 1. The first kappa shape index (κ1) is 13.3. The summed E-state index contributed by atoms with van der Waals surface area (Å²) in [5.41, 5.74) is 2.24. The number of hydrogen-bond acceptors (Lipinski definition) is 3. The van der Waals surface area contributed by atoms with Crippen molar-refractivity contribution in [3.05, 3.63) is 54.7 Å². The molecule has 0 aliphatic carbocycles. The molecule has 1 fully saturated rings. The molecule has 1 saturated heterocycles. The van der Waals surface area contributed by atoms with Gasteiger partial charge < -0.3 is 5.32 Å². The average Bonchev–Trinajstić information content (AvgIpc) is 2.53. The molecule has 0 radical (unpaired) electrons. The maximum Gasteiger partial charge on any atom is 0.0706 e. The summed E-state index contributed by atoms with van der Waals surface area (Å²) >= 11 is 0. The average molecular weight is 267 g/mol. The molecule has 0 saturated carbocycles. The summed E-state index contributed by atoms with van der Waals surface area (Å²) in [6.45, 7) is 8.18. The Kier molecular flexibility index (Phi) is 4.09. The van der Waals surface area contributed by atoms with E-state index in [-0.39, 0.29) is 0 Å². The Labute approximate surface area is 120 Å². The molecule has 3 rings (SSSR count). The van der Waals surface area contributed by atoms with E-state index in [0.717, 1.165) is 43.8 Å². The van der Waals surface area contributed by atoms with Gasteiger partial charge in [0.1, 0.15) is 0 Å². The van der Waals surface area contributed by atoms with Gasteiger partial charge in [0.15, 0.2) is 0 Å². The number of para-hydroxylation sites is 1. The van der Waals surface area contributed by atoms with Gasteiger partial charge in [-0.15, -0.1) is 6.58 Å². The summed E-state index contributed by atoms with van der Waals surface area (Å²) in [7, 11) is 0. The summed E-state index contributed by atoms with van der Waals surface area (Å²) in [4.78, 5) is 7.37. The summed E-state index contributed by atoms with van der Waals surface area (Å²) < 4.78 is 0. The first-order valence-electron chi connectivity index (χ1n) is 7.30. The number of aromatic nitrogens is 1. The number of benzene rings is 1. The Morgan fingerprint density at radius 1 is 1.20 bits per heavy atom. The fourth-order valence-corrected chi connectivity index (χ4v) is 2.88. The van der Waals surface area contributed by atoms with Gasteiger partial charge in [0.25, 0.3) is 0 Å². The second-order valence-electron chi connectivity index (χ2n) is 5.25. The van der Waals surface area contributed by atoms with Crippen LogP contribution in [-0.4, -0.2) is 36.1 Å². The fourth-order valence-electron chi connectivity index (χ4n) is 2.88. The van der Waals surface area contributed by atoms with Crippen molar-refractivity contribution in [1.82, 2.24) is 15.2 Å². The van der Waals surface area contributed by atoms with Crippen molar-refractivity contribution in [2.24, 2.45) is 0 Å². The Bertz CT molecular complexity index is 588. The van der Waals surface area contributed by atoms with Crippen LogP contribution in [0.3, 0.4) is 0 Å². The Morgan fingerprint density at radius 2 is 2.00 bits per heavy atom. The highest BCUT2D eigenvalue weighted by atomic mass is 15.2. The number of pyridine rings is 1. The molecule has 1 aromatic carbocycles. The standard InChI is InChI=1S/C17H21N3/c1-2-5-17(20-12-10-18-11-13-20)16-9-8-14-6-3-4-7-15(14)19-16/h2-4,6-9,17-18H,1,5,10-13H2/t17-/m1/s1. The van der Waals surface area contributed by atoms with Crippen LogP contribution in [0.5, 0.6) is 0 Å². The van der Waals surface area contributed by atoms with Gasteiger partial charge in [-0.25, -0.2) is 0 Å². The van der Waals surface area contributed by atoms with Crippen LogP contribution in [0.2, 0.25) is 0 Å². The molecule has 1 N–H and O–H groups in total. The van der Waals surface area contributed by atoms with Crippen molar-refractivity contribution in [1.29, 1.82) is 0 Å². The minimum atomic E-state index is 0.346. The first-order valence-corrected chi connectivity index (χ1v) is 7.30. The first-order chi connectivity index (χ1) is 9.88. The topological polar surface area (TPSA) is 28.2 Å². The number of nitrogens with one attached hydrogen (secondary N) is 1. The number of nitrogens with zero attached hydrogens (tertiary/aromatic N) is 2. The van der Waals surface area contributed by atoms with Crippen LogP contribution in [0, 0.1) is 0 Å². The largest absolute Gasteiger partial charge is 0.314 e. The van der Waals surface area contributed by atoms with Crippen LogP contribution in [-0.2, 0) is 0 Å². The minimum Gasteiger partial charge on any atom is -0.314 e. The molecular weight excluding hydrogens is 246 g/mol. The molecule has 0 unspecified atom stereocenters. The van der Waals surface area contributed by atoms with E-state index in [4.69, 9.17) is 4.98 Å². The molecule has 0 spiro atoms. The van der Waals surface area contributed by atoms with E-state index in [1.54, 1.807) is 0 Å². The van der Waals surface area contributed by atoms with E-state index in [0.29, 0.717) is 6.04 Å². The van der Waals surface area contributed by atoms with Gasteiger partial charge >= 0.3 is 0 Å². The predicted octanol–water partition coefficient (Wildman–Crippen LogP) is 2.76. The third kappa shape index (κ3) is 2.74. The van der Waals surface area contributed by atoms with Crippen molar-refractivity contribution in [3.8, 4) is 0 Å². The van der Waals surface area contributed by atoms with Crippen molar-refractivity contribution >= 4 is 10.9 Å². The highest BCUT2D eigenvalue weighted by Crippen LogP contribution is 2.25. The van der Waals surface area contributed by atoms with Gasteiger partial charge in [-0.1, -0.05) is 30.3 Å². The van der Waals surface area contributed by atoms with E-state index < -0.39 is 0 Å². The molecule has 0 amide bonds. The summed E-state index contributed by atoms with van der Waals surface area (Å²) in [6, 6.07) is 13.0. The third-order valence-electron chi connectivity index (χ3n) is 3.94. The summed E-state index contributed by atoms with van der Waals surface area (Å²) in [5, 5.41) is 4.61. The molecule has 3 heteroatoms. The van der Waals surface area contributed by atoms with E-state index >= 15 is 0 Å². The molecule has 1 atom stereocenters. The maximum absolute atomic E-state index is 4.86. The van der Waals surface area contributed by atoms with Crippen LogP contribution in [0.4, 0.5) is 0 Å². The van der Waals surface area contributed by atoms with E-state index in [9.17, 15) is 0 Å². The zero-order chi connectivity index (χ0) is 13.8. The smallest absolute Gasteiger partial charge is 0.0706 e. The van der Waals surface area contributed by atoms with Crippen molar-refractivity contribution in [2.75, 3.05) is 26.2 Å². The molecule has 1 aliphatic heterocycles. The number of rotatable bonds is 4. The molecular formula is C17H21N3. The zero-order valence-electron chi connectivity index (χ0n) is 11.8. The quantitative estimate of drug-likeness (QED) is 0.863. The zero-order valence-corrected chi connectivity index (χ0v) is 11.8. The van der Waals surface area contributed by atoms with Crippen molar-refractivity contribution < 1.29 is 0 Å². The minimum absolute atomic E-state index is 0.346. The van der Waals surface area contributed by atoms with Crippen LogP contribution in [0.1, 0.15) is 18.2 Å². The van der Waals surface area contributed by atoms with Gasteiger partial charge in [-0.2, -0.15) is 0 Å². The van der Waals surface area contributed by atoms with Crippen molar-refractivity contribution in [3.63, 3.8) is 0 Å². The van der Waals surface area contributed by atoms with Gasteiger partial charge in [0, 0.05) is 31.6 Å². The van der Waals surface area contributed by atoms with E-state index in [1.165, 1.54) is 5.39 Å². The Balaban J connectivity index is 1.93. The lowest BCUT2D eigenvalue weighted by atomic mass is 10.1. The van der Waals surface area contributed by atoms with E-state index in [2.05, 4.69) is 47.1 Å². The molecule has 104 valence electrons. The summed E-state index contributed by atoms with van der Waals surface area (Å²) in [6.07, 6.45) is 2.95. The fraction of sp³-hybridized carbons (Fsp3) is 0.353. The van der Waals surface area contributed by atoms with Crippen molar-refractivity contribution in [2.45, 2.75) is 12.5 Å². The number of piperazine rings is 1. The van der Waals surface area contributed by atoms with E-state index in [1.807, 2.05) is 12.1 Å². The lowest BCUT2D eigenvalue weighted by Gasteiger charge is -2.34. The molecule has 20 heavy (non-hydrogen) atoms. The molecule has 1 aliphatic rings. The monoisotopic (exact) mass is 267 g/mol. The predicted molar refractivity (Wildman–Crippen MR) is 83.7 cm³/mol. The highest BCUT2D eigenvalue weighted by molar-refractivity contribution is 5.78. The van der Waals surface area contributed by atoms with Crippen LogP contribution < -0.4 is 5.32 Å². The highest BCUT2D eigenvalue weighted by Gasteiger charge is 2.22.